The van der Waals surface area contributed by atoms with Gasteiger partial charge in [0.25, 0.3) is 0 Å². The molecular formula is C14H11ClF3N3O2. The first-order chi connectivity index (χ1) is 10.8. The van der Waals surface area contributed by atoms with Crippen molar-refractivity contribution in [3.63, 3.8) is 0 Å². The molecule has 1 aromatic carbocycles. The van der Waals surface area contributed by atoms with Gasteiger partial charge in [-0.1, -0.05) is 16.8 Å². The number of aromatic nitrogens is 1. The van der Waals surface area contributed by atoms with Gasteiger partial charge in [0, 0.05) is 11.8 Å². The molecule has 1 heterocycles. The Labute approximate surface area is 134 Å². The molecule has 23 heavy (non-hydrogen) atoms. The average Bonchev–Trinajstić information content (AvgIpc) is 2.52. The van der Waals surface area contributed by atoms with Gasteiger partial charge in [-0.15, -0.1) is 0 Å². The maximum absolute atomic E-state index is 12.5. The molecule has 5 nitrogen and oxygen atoms in total. The Morgan fingerprint density at radius 3 is 2.48 bits per heavy atom. The quantitative estimate of drug-likeness (QED) is 0.385. The molecule has 0 unspecified atom stereocenters. The molecule has 0 aliphatic carbocycles. The lowest BCUT2D eigenvalue weighted by Crippen LogP contribution is -2.12. The molecule has 1 aromatic heterocycles. The van der Waals surface area contributed by atoms with Gasteiger partial charge in [-0.05, 0) is 30.3 Å². The molecule has 0 atom stereocenters. The van der Waals surface area contributed by atoms with E-state index in [1.807, 2.05) is 0 Å². The maximum Gasteiger partial charge on any atom is 0.417 e. The number of alkyl halides is 3. The summed E-state index contributed by atoms with van der Waals surface area (Å²) in [7, 11) is 0. The van der Waals surface area contributed by atoms with Gasteiger partial charge >= 0.3 is 6.18 Å². The lowest BCUT2D eigenvalue weighted by atomic mass is 10.2. The number of nitrogens with two attached hydrogens (primary N) is 1. The molecule has 9 heteroatoms. The standard InChI is InChI=1S/C14H11ClF3N3O2/c15-11-5-9(14(16,17)18)6-20-12(11)7-23-10-3-1-8(2-4-10)13(19)21-22/h1-6,22H,7H2,(H2,19,21). The van der Waals surface area contributed by atoms with Crippen molar-refractivity contribution in [1.82, 2.24) is 4.98 Å². The molecule has 0 saturated heterocycles. The Bertz CT molecular complexity index is 718. The fourth-order valence-electron chi connectivity index (χ4n) is 1.66. The van der Waals surface area contributed by atoms with Crippen LogP contribution in [0.1, 0.15) is 16.8 Å². The van der Waals surface area contributed by atoms with Crippen LogP contribution in [-0.4, -0.2) is 16.0 Å². The Hall–Kier alpha value is -2.48. The van der Waals surface area contributed by atoms with E-state index < -0.39 is 11.7 Å². The number of amidine groups is 1. The van der Waals surface area contributed by atoms with Crippen molar-refractivity contribution >= 4 is 17.4 Å². The third kappa shape index (κ3) is 4.26. The van der Waals surface area contributed by atoms with Crippen molar-refractivity contribution in [3.8, 4) is 5.75 Å². The van der Waals surface area contributed by atoms with Gasteiger partial charge in [0.1, 0.15) is 12.4 Å². The topological polar surface area (TPSA) is 80.7 Å². The highest BCUT2D eigenvalue weighted by Crippen LogP contribution is 2.31. The molecule has 0 radical (unpaired) electrons. The first-order valence-electron chi connectivity index (χ1n) is 6.23. The van der Waals surface area contributed by atoms with Gasteiger partial charge < -0.3 is 15.7 Å². The summed E-state index contributed by atoms with van der Waals surface area (Å²) in [5.74, 6) is 0.376. The predicted molar refractivity (Wildman–Crippen MR) is 77.5 cm³/mol. The minimum Gasteiger partial charge on any atom is -0.487 e. The maximum atomic E-state index is 12.5. The number of rotatable bonds is 4. The Balaban J connectivity index is 2.06. The summed E-state index contributed by atoms with van der Waals surface area (Å²) in [6.07, 6.45) is -3.80. The van der Waals surface area contributed by atoms with Gasteiger partial charge in [0.2, 0.25) is 0 Å². The number of benzene rings is 1. The van der Waals surface area contributed by atoms with E-state index in [-0.39, 0.29) is 23.2 Å². The molecule has 0 saturated carbocycles. The fraction of sp³-hybridized carbons (Fsp3) is 0.143. The zero-order chi connectivity index (χ0) is 17.0. The van der Waals surface area contributed by atoms with Gasteiger partial charge in [0.05, 0.1) is 16.3 Å². The number of hydrogen-bond acceptors (Lipinski definition) is 4. The number of nitrogens with zero attached hydrogens (tertiary/aromatic N) is 2. The van der Waals surface area contributed by atoms with Crippen LogP contribution in [0.2, 0.25) is 5.02 Å². The SMILES string of the molecule is N/C(=N\O)c1ccc(OCc2ncc(C(F)(F)F)cc2Cl)cc1. The summed E-state index contributed by atoms with van der Waals surface area (Å²) in [5.41, 5.74) is 5.17. The van der Waals surface area contributed by atoms with Crippen molar-refractivity contribution in [1.29, 1.82) is 0 Å². The predicted octanol–water partition coefficient (Wildman–Crippen LogP) is 3.43. The average molecular weight is 346 g/mol. The second kappa shape index (κ2) is 6.74. The van der Waals surface area contributed by atoms with Gasteiger partial charge in [-0.25, -0.2) is 0 Å². The van der Waals surface area contributed by atoms with E-state index in [2.05, 4.69) is 10.1 Å². The lowest BCUT2D eigenvalue weighted by Gasteiger charge is -2.10. The first-order valence-corrected chi connectivity index (χ1v) is 6.61. The van der Waals surface area contributed by atoms with Crippen molar-refractivity contribution < 1.29 is 23.1 Å². The van der Waals surface area contributed by atoms with E-state index in [0.29, 0.717) is 17.5 Å². The second-order valence-electron chi connectivity index (χ2n) is 4.45. The van der Waals surface area contributed by atoms with E-state index in [4.69, 9.17) is 27.3 Å². The fourth-order valence-corrected chi connectivity index (χ4v) is 1.88. The molecule has 2 aromatic rings. The van der Waals surface area contributed by atoms with Crippen LogP contribution in [0, 0.1) is 0 Å². The first kappa shape index (κ1) is 16.9. The summed E-state index contributed by atoms with van der Waals surface area (Å²) in [5, 5.41) is 11.3. The van der Waals surface area contributed by atoms with E-state index in [9.17, 15) is 13.2 Å². The minimum atomic E-state index is -4.50. The lowest BCUT2D eigenvalue weighted by molar-refractivity contribution is -0.137. The van der Waals surface area contributed by atoms with Crippen LogP contribution in [0.15, 0.2) is 41.7 Å². The highest BCUT2D eigenvalue weighted by molar-refractivity contribution is 6.31. The van der Waals surface area contributed by atoms with Crippen LogP contribution >= 0.6 is 11.6 Å². The van der Waals surface area contributed by atoms with Gasteiger partial charge in [0.15, 0.2) is 5.84 Å². The normalized spacial score (nSPS) is 12.3. The van der Waals surface area contributed by atoms with E-state index in [1.165, 1.54) is 0 Å². The van der Waals surface area contributed by atoms with Crippen molar-refractivity contribution in [3.05, 3.63) is 58.4 Å². The number of ether oxygens (including phenoxy) is 1. The van der Waals surface area contributed by atoms with Crippen LogP contribution < -0.4 is 10.5 Å². The minimum absolute atomic E-state index is 0.0519. The summed E-state index contributed by atoms with van der Waals surface area (Å²) in [6.45, 7) is -0.0973. The molecule has 0 spiro atoms. The van der Waals surface area contributed by atoms with Gasteiger partial charge in [-0.3, -0.25) is 4.98 Å². The molecule has 122 valence electrons. The van der Waals surface area contributed by atoms with Crippen LogP contribution in [-0.2, 0) is 12.8 Å². The van der Waals surface area contributed by atoms with E-state index >= 15 is 0 Å². The number of hydrogen-bond donors (Lipinski definition) is 2. The summed E-state index contributed by atoms with van der Waals surface area (Å²) in [6, 6.07) is 7.05. The molecule has 0 fully saturated rings. The molecular weight excluding hydrogens is 335 g/mol. The Morgan fingerprint density at radius 1 is 1.30 bits per heavy atom. The van der Waals surface area contributed by atoms with Crippen LogP contribution in [0.4, 0.5) is 13.2 Å². The van der Waals surface area contributed by atoms with Crippen molar-refractivity contribution in [2.24, 2.45) is 10.9 Å². The number of halogens is 4. The zero-order valence-corrected chi connectivity index (χ0v) is 12.3. The summed E-state index contributed by atoms with van der Waals surface area (Å²) in [4.78, 5) is 3.67. The highest BCUT2D eigenvalue weighted by Gasteiger charge is 2.31. The molecule has 0 aliphatic rings. The van der Waals surface area contributed by atoms with Crippen molar-refractivity contribution in [2.45, 2.75) is 12.8 Å². The third-order valence-corrected chi connectivity index (χ3v) is 3.21. The highest BCUT2D eigenvalue weighted by atomic mass is 35.5. The van der Waals surface area contributed by atoms with Crippen LogP contribution in [0.25, 0.3) is 0 Å². The second-order valence-corrected chi connectivity index (χ2v) is 4.86. The monoisotopic (exact) mass is 345 g/mol. The summed E-state index contributed by atoms with van der Waals surface area (Å²) >= 11 is 5.78. The van der Waals surface area contributed by atoms with Gasteiger partial charge in [-0.2, -0.15) is 13.2 Å². The largest absolute Gasteiger partial charge is 0.487 e. The van der Waals surface area contributed by atoms with E-state index in [1.54, 1.807) is 24.3 Å². The molecule has 0 amide bonds. The molecule has 0 aliphatic heterocycles. The molecule has 0 bridgehead atoms. The molecule has 3 N–H and O–H groups in total. The van der Waals surface area contributed by atoms with Crippen molar-refractivity contribution in [2.75, 3.05) is 0 Å². The number of pyridine rings is 1. The third-order valence-electron chi connectivity index (χ3n) is 2.88. The van der Waals surface area contributed by atoms with Crippen LogP contribution in [0.3, 0.4) is 0 Å². The smallest absolute Gasteiger partial charge is 0.417 e. The summed E-state index contributed by atoms with van der Waals surface area (Å²) < 4.78 is 42.9. The molecule has 2 rings (SSSR count). The Kier molecular flexibility index (Phi) is 4.95. The number of oxime groups is 1. The van der Waals surface area contributed by atoms with Crippen LogP contribution in [0.5, 0.6) is 5.75 Å². The Morgan fingerprint density at radius 2 is 1.96 bits per heavy atom. The zero-order valence-electron chi connectivity index (χ0n) is 11.5. The van der Waals surface area contributed by atoms with E-state index in [0.717, 1.165) is 6.07 Å².